The number of thioether (sulfide) groups is 1. The number of ether oxygens (including phenoxy) is 1. The summed E-state index contributed by atoms with van der Waals surface area (Å²) >= 11 is 7.02. The summed E-state index contributed by atoms with van der Waals surface area (Å²) in [4.78, 5) is 11.6. The largest absolute Gasteiger partial charge is 0.495 e. The van der Waals surface area contributed by atoms with Crippen LogP contribution >= 0.6 is 23.4 Å². The van der Waals surface area contributed by atoms with Crippen LogP contribution in [0.5, 0.6) is 5.75 Å². The number of benzene rings is 1. The summed E-state index contributed by atoms with van der Waals surface area (Å²) in [6, 6.07) is 5.26. The Morgan fingerprint density at radius 3 is 2.69 bits per heavy atom. The highest BCUT2D eigenvalue weighted by molar-refractivity contribution is 8.13. The maximum atomic E-state index is 10.8. The fourth-order valence-electron chi connectivity index (χ4n) is 0.877. The fourth-order valence-corrected chi connectivity index (χ4v) is 1.84. The first-order valence-electron chi connectivity index (χ1n) is 3.65. The molecule has 0 fully saturated rings. The van der Waals surface area contributed by atoms with Crippen LogP contribution < -0.4 is 4.74 Å². The molecule has 0 spiro atoms. The van der Waals surface area contributed by atoms with Gasteiger partial charge in [-0.2, -0.15) is 0 Å². The molecule has 0 saturated carbocycles. The van der Waals surface area contributed by atoms with Gasteiger partial charge < -0.3 is 4.74 Å². The minimum absolute atomic E-state index is 0.0428. The van der Waals surface area contributed by atoms with Crippen LogP contribution in [0, 0.1) is 0 Å². The van der Waals surface area contributed by atoms with Gasteiger partial charge in [0.1, 0.15) is 5.75 Å². The highest BCUT2D eigenvalue weighted by atomic mass is 35.5. The van der Waals surface area contributed by atoms with Gasteiger partial charge in [0.25, 0.3) is 0 Å². The number of hydrogen-bond acceptors (Lipinski definition) is 3. The second-order valence-corrected chi connectivity index (χ2v) is 4.05. The van der Waals surface area contributed by atoms with E-state index in [9.17, 15) is 4.79 Å². The SMILES string of the molecule is COc1ccc(SC(C)=O)cc1Cl. The molecule has 2 nitrogen and oxygen atoms in total. The number of rotatable bonds is 2. The molecule has 0 saturated heterocycles. The van der Waals surface area contributed by atoms with Crippen molar-refractivity contribution in [1.29, 1.82) is 0 Å². The average Bonchev–Trinajstić information content (AvgIpc) is 2.03. The van der Waals surface area contributed by atoms with Gasteiger partial charge in [0.05, 0.1) is 12.1 Å². The van der Waals surface area contributed by atoms with Gasteiger partial charge >= 0.3 is 0 Å². The molecule has 70 valence electrons. The molecule has 13 heavy (non-hydrogen) atoms. The van der Waals surface area contributed by atoms with Crippen molar-refractivity contribution in [2.24, 2.45) is 0 Å². The quantitative estimate of drug-likeness (QED) is 0.711. The molecular formula is C9H9ClO2S. The van der Waals surface area contributed by atoms with Crippen LogP contribution in [0.2, 0.25) is 5.02 Å². The highest BCUT2D eigenvalue weighted by Crippen LogP contribution is 2.29. The van der Waals surface area contributed by atoms with Gasteiger partial charge in [0.15, 0.2) is 5.12 Å². The minimum atomic E-state index is 0.0428. The Balaban J connectivity index is 2.89. The predicted molar refractivity (Wildman–Crippen MR) is 54.5 cm³/mol. The molecule has 4 heteroatoms. The third-order valence-corrected chi connectivity index (χ3v) is 2.46. The van der Waals surface area contributed by atoms with E-state index in [1.165, 1.54) is 6.92 Å². The lowest BCUT2D eigenvalue weighted by Gasteiger charge is -2.03. The molecule has 0 N–H and O–H groups in total. The van der Waals surface area contributed by atoms with Crippen LogP contribution in [0.1, 0.15) is 6.92 Å². The molecular weight excluding hydrogens is 208 g/mol. The van der Waals surface area contributed by atoms with Crippen molar-refractivity contribution in [2.75, 3.05) is 7.11 Å². The van der Waals surface area contributed by atoms with Crippen LogP contribution in [-0.2, 0) is 4.79 Å². The van der Waals surface area contributed by atoms with Crippen LogP contribution in [0.3, 0.4) is 0 Å². The monoisotopic (exact) mass is 216 g/mol. The second kappa shape index (κ2) is 4.53. The fraction of sp³-hybridized carbons (Fsp3) is 0.222. The van der Waals surface area contributed by atoms with Crippen LogP contribution in [-0.4, -0.2) is 12.2 Å². The van der Waals surface area contributed by atoms with Gasteiger partial charge in [0, 0.05) is 11.8 Å². The summed E-state index contributed by atoms with van der Waals surface area (Å²) in [7, 11) is 1.55. The first kappa shape index (κ1) is 10.4. The minimum Gasteiger partial charge on any atom is -0.495 e. The van der Waals surface area contributed by atoms with Gasteiger partial charge in [-0.25, -0.2) is 0 Å². The summed E-state index contributed by atoms with van der Waals surface area (Å²) in [5.74, 6) is 0.620. The van der Waals surface area contributed by atoms with Crippen molar-refractivity contribution in [1.82, 2.24) is 0 Å². The van der Waals surface area contributed by atoms with E-state index >= 15 is 0 Å². The molecule has 0 aliphatic rings. The Kier molecular flexibility index (Phi) is 3.63. The molecule has 0 aliphatic carbocycles. The molecule has 0 atom stereocenters. The maximum Gasteiger partial charge on any atom is 0.190 e. The third kappa shape index (κ3) is 2.94. The third-order valence-electron chi connectivity index (χ3n) is 1.38. The number of carbonyl (C=O) groups excluding carboxylic acids is 1. The molecule has 1 rings (SSSR count). The van der Waals surface area contributed by atoms with Crippen LogP contribution in [0.25, 0.3) is 0 Å². The van der Waals surface area contributed by atoms with E-state index in [-0.39, 0.29) is 5.12 Å². The highest BCUT2D eigenvalue weighted by Gasteiger charge is 2.03. The molecule has 0 amide bonds. The summed E-state index contributed by atoms with van der Waals surface area (Å²) in [5, 5.41) is 0.565. The van der Waals surface area contributed by atoms with Crippen molar-refractivity contribution >= 4 is 28.5 Å². The van der Waals surface area contributed by atoms with Gasteiger partial charge in [0.2, 0.25) is 0 Å². The lowest BCUT2D eigenvalue weighted by Crippen LogP contribution is -1.85. The van der Waals surface area contributed by atoms with Gasteiger partial charge in [-0.3, -0.25) is 4.79 Å². The van der Waals surface area contributed by atoms with E-state index < -0.39 is 0 Å². The van der Waals surface area contributed by atoms with E-state index in [1.807, 2.05) is 0 Å². The number of halogens is 1. The normalized spacial score (nSPS) is 9.77. The zero-order chi connectivity index (χ0) is 9.84. The smallest absolute Gasteiger partial charge is 0.190 e. The Morgan fingerprint density at radius 2 is 2.23 bits per heavy atom. The molecule has 0 radical (unpaired) electrons. The molecule has 0 bridgehead atoms. The summed E-state index contributed by atoms with van der Waals surface area (Å²) in [5.41, 5.74) is 0. The number of methoxy groups -OCH3 is 1. The molecule has 1 aromatic rings. The molecule has 0 aromatic heterocycles. The Hall–Kier alpha value is -0.670. The lowest BCUT2D eigenvalue weighted by atomic mass is 10.3. The second-order valence-electron chi connectivity index (χ2n) is 2.39. The molecule has 0 aliphatic heterocycles. The van der Waals surface area contributed by atoms with Crippen molar-refractivity contribution < 1.29 is 9.53 Å². The Labute approximate surface area is 86.2 Å². The molecule has 1 aromatic carbocycles. The van der Waals surface area contributed by atoms with E-state index in [2.05, 4.69) is 0 Å². The summed E-state index contributed by atoms with van der Waals surface area (Å²) in [6.07, 6.45) is 0. The number of carbonyl (C=O) groups is 1. The van der Waals surface area contributed by atoms with E-state index in [1.54, 1.807) is 25.3 Å². The predicted octanol–water partition coefficient (Wildman–Crippen LogP) is 2.99. The summed E-state index contributed by atoms with van der Waals surface area (Å²) < 4.78 is 4.98. The van der Waals surface area contributed by atoms with E-state index in [0.717, 1.165) is 16.7 Å². The Bertz CT molecular complexity index is 325. The number of hydrogen-bond donors (Lipinski definition) is 0. The molecule has 0 unspecified atom stereocenters. The van der Waals surface area contributed by atoms with E-state index in [4.69, 9.17) is 16.3 Å². The standard InChI is InChI=1S/C9H9ClO2S/c1-6(11)13-7-3-4-9(12-2)8(10)5-7/h3-5H,1-2H3. The zero-order valence-electron chi connectivity index (χ0n) is 7.33. The van der Waals surface area contributed by atoms with Crippen LogP contribution in [0.15, 0.2) is 23.1 Å². The topological polar surface area (TPSA) is 26.3 Å². The molecule has 0 heterocycles. The average molecular weight is 217 g/mol. The first-order valence-corrected chi connectivity index (χ1v) is 4.85. The Morgan fingerprint density at radius 1 is 1.54 bits per heavy atom. The van der Waals surface area contributed by atoms with Crippen molar-refractivity contribution in [3.63, 3.8) is 0 Å². The van der Waals surface area contributed by atoms with Crippen molar-refractivity contribution in [2.45, 2.75) is 11.8 Å². The van der Waals surface area contributed by atoms with Crippen molar-refractivity contribution in [3.05, 3.63) is 23.2 Å². The van der Waals surface area contributed by atoms with Gasteiger partial charge in [-0.1, -0.05) is 23.4 Å². The zero-order valence-corrected chi connectivity index (χ0v) is 8.91. The first-order chi connectivity index (χ1) is 6.13. The van der Waals surface area contributed by atoms with Crippen LogP contribution in [0.4, 0.5) is 0 Å². The lowest BCUT2D eigenvalue weighted by molar-refractivity contribution is -0.109. The van der Waals surface area contributed by atoms with Gasteiger partial charge in [-0.15, -0.1) is 0 Å². The maximum absolute atomic E-state index is 10.8. The van der Waals surface area contributed by atoms with Gasteiger partial charge in [-0.05, 0) is 18.2 Å². The van der Waals surface area contributed by atoms with E-state index in [0.29, 0.717) is 10.8 Å². The summed E-state index contributed by atoms with van der Waals surface area (Å²) in [6.45, 7) is 1.52. The van der Waals surface area contributed by atoms with Crippen molar-refractivity contribution in [3.8, 4) is 5.75 Å².